The van der Waals surface area contributed by atoms with Crippen LogP contribution in [0.5, 0.6) is 0 Å². The van der Waals surface area contributed by atoms with E-state index in [4.69, 9.17) is 27.3 Å². The maximum Gasteiger partial charge on any atom is 0.171 e. The van der Waals surface area contributed by atoms with Gasteiger partial charge in [0.2, 0.25) is 0 Å². The van der Waals surface area contributed by atoms with Crippen LogP contribution in [0.1, 0.15) is 18.4 Å². The Morgan fingerprint density at radius 3 is 2.90 bits per heavy atom. The fourth-order valence-electron chi connectivity index (χ4n) is 2.45. The summed E-state index contributed by atoms with van der Waals surface area (Å²) in [5, 5.41) is 12.2. The van der Waals surface area contributed by atoms with Crippen LogP contribution in [0, 0.1) is 5.92 Å². The van der Waals surface area contributed by atoms with Crippen LogP contribution in [0.2, 0.25) is 5.02 Å². The molecule has 20 heavy (non-hydrogen) atoms. The first kappa shape index (κ1) is 14.9. The van der Waals surface area contributed by atoms with Gasteiger partial charge in [0, 0.05) is 38.6 Å². The van der Waals surface area contributed by atoms with Gasteiger partial charge in [0.1, 0.15) is 5.82 Å². The zero-order chi connectivity index (χ0) is 14.5. The summed E-state index contributed by atoms with van der Waals surface area (Å²) in [7, 11) is 1.73. The van der Waals surface area contributed by atoms with Crippen molar-refractivity contribution in [2.24, 2.45) is 16.8 Å². The lowest BCUT2D eigenvalue weighted by atomic mass is 9.98. The second kappa shape index (κ2) is 6.76. The number of ether oxygens (including phenoxy) is 1. The molecule has 0 unspecified atom stereocenters. The Morgan fingerprint density at radius 2 is 2.30 bits per heavy atom. The summed E-state index contributed by atoms with van der Waals surface area (Å²) < 4.78 is 5.19. The van der Waals surface area contributed by atoms with Gasteiger partial charge in [0.15, 0.2) is 5.84 Å². The number of halogens is 1. The van der Waals surface area contributed by atoms with Crippen molar-refractivity contribution in [3.63, 3.8) is 0 Å². The Kier molecular flexibility index (Phi) is 5.03. The van der Waals surface area contributed by atoms with E-state index in [0.29, 0.717) is 22.3 Å². The molecule has 110 valence electrons. The van der Waals surface area contributed by atoms with E-state index < -0.39 is 0 Å². The van der Waals surface area contributed by atoms with Gasteiger partial charge in [0.25, 0.3) is 0 Å². The molecular weight excluding hydrogens is 280 g/mol. The molecule has 6 nitrogen and oxygen atoms in total. The predicted octanol–water partition coefficient (Wildman–Crippen LogP) is 1.69. The summed E-state index contributed by atoms with van der Waals surface area (Å²) in [6.07, 6.45) is 3.70. The SMILES string of the molecule is COCC1CCN(c2nccc(/C(N)=N/O)c2Cl)CC1. The number of anilines is 1. The lowest BCUT2D eigenvalue weighted by Gasteiger charge is -2.33. The van der Waals surface area contributed by atoms with E-state index in [9.17, 15) is 0 Å². The van der Waals surface area contributed by atoms with Crippen LogP contribution < -0.4 is 10.6 Å². The van der Waals surface area contributed by atoms with Crippen molar-refractivity contribution in [1.29, 1.82) is 0 Å². The quantitative estimate of drug-likeness (QED) is 0.382. The number of nitrogens with zero attached hydrogens (tertiary/aromatic N) is 3. The number of rotatable bonds is 4. The standard InChI is InChI=1S/C13H19ClN4O2/c1-20-8-9-3-6-18(7-4-9)13-11(14)10(2-5-16-13)12(15)17-19/h2,5,9,19H,3-4,6-8H2,1H3,(H2,15,17). The molecule has 1 aliphatic heterocycles. The van der Waals surface area contributed by atoms with Crippen LogP contribution >= 0.6 is 11.6 Å². The number of pyridine rings is 1. The van der Waals surface area contributed by atoms with E-state index in [-0.39, 0.29) is 5.84 Å². The van der Waals surface area contributed by atoms with Gasteiger partial charge in [0.05, 0.1) is 5.02 Å². The zero-order valence-corrected chi connectivity index (χ0v) is 12.2. The Bertz CT molecular complexity index is 487. The minimum atomic E-state index is -0.00656. The van der Waals surface area contributed by atoms with E-state index in [1.165, 1.54) is 0 Å². The third-order valence-electron chi connectivity index (χ3n) is 3.57. The number of hydrogen-bond donors (Lipinski definition) is 2. The smallest absolute Gasteiger partial charge is 0.171 e. The fraction of sp³-hybridized carbons (Fsp3) is 0.538. The number of methoxy groups -OCH3 is 1. The van der Waals surface area contributed by atoms with Crippen LogP contribution in [0.4, 0.5) is 5.82 Å². The number of aromatic nitrogens is 1. The topological polar surface area (TPSA) is 84.0 Å². The molecule has 0 atom stereocenters. The molecular formula is C13H19ClN4O2. The fourth-order valence-corrected chi connectivity index (χ4v) is 2.78. The first-order valence-corrected chi connectivity index (χ1v) is 6.91. The van der Waals surface area contributed by atoms with E-state index in [0.717, 1.165) is 32.5 Å². The highest BCUT2D eigenvalue weighted by Gasteiger charge is 2.23. The van der Waals surface area contributed by atoms with Crippen LogP contribution in [0.25, 0.3) is 0 Å². The van der Waals surface area contributed by atoms with Gasteiger partial charge >= 0.3 is 0 Å². The first-order chi connectivity index (χ1) is 9.67. The summed E-state index contributed by atoms with van der Waals surface area (Å²) in [5.74, 6) is 1.27. The molecule has 2 rings (SSSR count). The molecule has 0 radical (unpaired) electrons. The van der Waals surface area contributed by atoms with Crippen molar-refractivity contribution in [1.82, 2.24) is 4.98 Å². The molecule has 0 saturated carbocycles. The molecule has 1 fully saturated rings. The third-order valence-corrected chi connectivity index (χ3v) is 3.94. The number of amidine groups is 1. The van der Waals surface area contributed by atoms with E-state index >= 15 is 0 Å². The highest BCUT2D eigenvalue weighted by atomic mass is 35.5. The van der Waals surface area contributed by atoms with Gasteiger partial charge in [-0.3, -0.25) is 0 Å². The molecule has 1 saturated heterocycles. The molecule has 7 heteroatoms. The Morgan fingerprint density at radius 1 is 1.60 bits per heavy atom. The van der Waals surface area contributed by atoms with Gasteiger partial charge in [-0.15, -0.1) is 0 Å². The molecule has 0 aliphatic carbocycles. The van der Waals surface area contributed by atoms with Gasteiger partial charge in [-0.25, -0.2) is 4.98 Å². The van der Waals surface area contributed by atoms with Crippen molar-refractivity contribution in [2.45, 2.75) is 12.8 Å². The molecule has 1 aromatic heterocycles. The lowest BCUT2D eigenvalue weighted by molar-refractivity contribution is 0.139. The minimum absolute atomic E-state index is 0.00656. The molecule has 0 spiro atoms. The largest absolute Gasteiger partial charge is 0.409 e. The second-order valence-electron chi connectivity index (χ2n) is 4.87. The maximum atomic E-state index is 8.76. The predicted molar refractivity (Wildman–Crippen MR) is 78.6 cm³/mol. The van der Waals surface area contributed by atoms with Crippen LogP contribution in [-0.4, -0.2) is 42.8 Å². The minimum Gasteiger partial charge on any atom is -0.409 e. The number of hydrogen-bond acceptors (Lipinski definition) is 5. The summed E-state index contributed by atoms with van der Waals surface area (Å²) >= 11 is 6.31. The van der Waals surface area contributed by atoms with Gasteiger partial charge in [-0.05, 0) is 24.8 Å². The number of piperidine rings is 1. The molecule has 1 aliphatic rings. The highest BCUT2D eigenvalue weighted by molar-refractivity contribution is 6.36. The first-order valence-electron chi connectivity index (χ1n) is 6.53. The van der Waals surface area contributed by atoms with Crippen molar-refractivity contribution in [3.8, 4) is 0 Å². The monoisotopic (exact) mass is 298 g/mol. The van der Waals surface area contributed by atoms with Crippen molar-refractivity contribution < 1.29 is 9.94 Å². The Labute approximate surface area is 123 Å². The van der Waals surface area contributed by atoms with Crippen molar-refractivity contribution >= 4 is 23.3 Å². The molecule has 2 heterocycles. The zero-order valence-electron chi connectivity index (χ0n) is 11.4. The Balaban J connectivity index is 2.14. The third kappa shape index (κ3) is 3.13. The average Bonchev–Trinajstić information content (AvgIpc) is 2.48. The molecule has 0 amide bonds. The van der Waals surface area contributed by atoms with Gasteiger partial charge < -0.3 is 20.6 Å². The summed E-state index contributed by atoms with van der Waals surface area (Å²) in [6.45, 7) is 2.54. The Hall–Kier alpha value is -1.53. The number of oxime groups is 1. The van der Waals surface area contributed by atoms with Crippen LogP contribution in [0.3, 0.4) is 0 Å². The molecule has 0 bridgehead atoms. The lowest BCUT2D eigenvalue weighted by Crippen LogP contribution is -2.36. The van der Waals surface area contributed by atoms with Crippen LogP contribution in [0.15, 0.2) is 17.4 Å². The van der Waals surface area contributed by atoms with Gasteiger partial charge in [-0.2, -0.15) is 0 Å². The second-order valence-corrected chi connectivity index (χ2v) is 5.25. The molecule has 1 aromatic rings. The van der Waals surface area contributed by atoms with E-state index in [1.54, 1.807) is 19.4 Å². The van der Waals surface area contributed by atoms with E-state index in [2.05, 4.69) is 15.0 Å². The normalized spacial score (nSPS) is 17.5. The highest BCUT2D eigenvalue weighted by Crippen LogP contribution is 2.30. The summed E-state index contributed by atoms with van der Waals surface area (Å²) in [5.41, 5.74) is 6.11. The van der Waals surface area contributed by atoms with Crippen molar-refractivity contribution in [3.05, 3.63) is 22.8 Å². The van der Waals surface area contributed by atoms with Crippen LogP contribution in [-0.2, 0) is 4.74 Å². The van der Waals surface area contributed by atoms with Gasteiger partial charge in [-0.1, -0.05) is 16.8 Å². The molecule has 3 N–H and O–H groups in total. The van der Waals surface area contributed by atoms with Crippen molar-refractivity contribution in [2.75, 3.05) is 31.7 Å². The summed E-state index contributed by atoms with van der Waals surface area (Å²) in [4.78, 5) is 6.45. The average molecular weight is 299 g/mol. The molecule has 0 aromatic carbocycles. The number of nitrogens with two attached hydrogens (primary N) is 1. The van der Waals surface area contributed by atoms with E-state index in [1.807, 2.05) is 0 Å². The maximum absolute atomic E-state index is 8.76. The summed E-state index contributed by atoms with van der Waals surface area (Å²) in [6, 6.07) is 1.64.